The summed E-state index contributed by atoms with van der Waals surface area (Å²) in [6.45, 7) is 0. The third kappa shape index (κ3) is 6.53. The van der Waals surface area contributed by atoms with E-state index < -0.39 is 0 Å². The smallest absolute Gasteiger partial charge is 0.0462 e. The van der Waals surface area contributed by atoms with Crippen LogP contribution in [0.4, 0.5) is 17.1 Å². The molecule has 1 nitrogen and oxygen atoms in total. The van der Waals surface area contributed by atoms with Crippen LogP contribution >= 0.6 is 0 Å². The Morgan fingerprint density at radius 1 is 0.208 bits per heavy atom. The van der Waals surface area contributed by atoms with Crippen molar-refractivity contribution in [1.82, 2.24) is 0 Å². The second-order valence-corrected chi connectivity index (χ2v) is 13.4. The molecule has 0 saturated carbocycles. The van der Waals surface area contributed by atoms with Gasteiger partial charge in [-0.05, 0) is 115 Å². The van der Waals surface area contributed by atoms with E-state index in [1.54, 1.807) is 0 Å². The highest BCUT2D eigenvalue weighted by atomic mass is 15.1. The van der Waals surface area contributed by atoms with Crippen molar-refractivity contribution in [2.75, 3.05) is 4.90 Å². The minimum absolute atomic E-state index is 1.11. The average molecular weight is 676 g/mol. The van der Waals surface area contributed by atoms with Crippen LogP contribution in [0.15, 0.2) is 224 Å². The lowest BCUT2D eigenvalue weighted by Crippen LogP contribution is -2.09. The normalized spacial score (nSPS) is 11.0. The molecule has 9 rings (SSSR count). The Balaban J connectivity index is 1.03. The average Bonchev–Trinajstić information content (AvgIpc) is 3.25. The van der Waals surface area contributed by atoms with Crippen LogP contribution < -0.4 is 4.90 Å². The highest BCUT2D eigenvalue weighted by Gasteiger charge is 2.15. The van der Waals surface area contributed by atoms with E-state index in [2.05, 4.69) is 229 Å². The van der Waals surface area contributed by atoms with E-state index in [0.29, 0.717) is 0 Å². The Hall–Kier alpha value is -6.96. The molecule has 1 heteroatoms. The molecule has 9 aromatic rings. The van der Waals surface area contributed by atoms with Gasteiger partial charge in [0.25, 0.3) is 0 Å². The Bertz CT molecular complexity index is 2630. The van der Waals surface area contributed by atoms with Gasteiger partial charge in [0.2, 0.25) is 0 Å². The molecule has 9 aromatic carbocycles. The highest BCUT2D eigenvalue weighted by molar-refractivity contribution is 5.93. The Kier molecular flexibility index (Phi) is 8.66. The number of nitrogens with zero attached hydrogens (tertiary/aromatic N) is 1. The van der Waals surface area contributed by atoms with Crippen molar-refractivity contribution in [2.24, 2.45) is 0 Å². The summed E-state index contributed by atoms with van der Waals surface area (Å²) in [5.41, 5.74) is 15.5. The Labute approximate surface area is 311 Å². The molecule has 0 unspecified atom stereocenters. The Morgan fingerprint density at radius 2 is 0.528 bits per heavy atom. The van der Waals surface area contributed by atoms with Crippen molar-refractivity contribution < 1.29 is 0 Å². The van der Waals surface area contributed by atoms with Gasteiger partial charge in [0.15, 0.2) is 0 Å². The molecule has 0 radical (unpaired) electrons. The number of para-hydroxylation sites is 1. The van der Waals surface area contributed by atoms with Crippen LogP contribution in [0.2, 0.25) is 0 Å². The number of hydrogen-bond acceptors (Lipinski definition) is 1. The fraction of sp³-hybridized carbons (Fsp3) is 0. The fourth-order valence-corrected chi connectivity index (χ4v) is 7.41. The summed E-state index contributed by atoms with van der Waals surface area (Å²) < 4.78 is 0. The van der Waals surface area contributed by atoms with E-state index in [4.69, 9.17) is 0 Å². The third-order valence-corrected chi connectivity index (χ3v) is 10.1. The highest BCUT2D eigenvalue weighted by Crippen LogP contribution is 2.41. The van der Waals surface area contributed by atoms with Gasteiger partial charge in [-0.1, -0.05) is 176 Å². The minimum atomic E-state index is 1.11. The zero-order chi connectivity index (χ0) is 35.4. The Morgan fingerprint density at radius 3 is 1.02 bits per heavy atom. The first-order chi connectivity index (χ1) is 26.3. The van der Waals surface area contributed by atoms with Crippen LogP contribution in [0, 0.1) is 0 Å². The largest absolute Gasteiger partial charge is 0.311 e. The molecule has 0 spiro atoms. The zero-order valence-corrected chi connectivity index (χ0v) is 29.3. The molecular weight excluding hydrogens is 639 g/mol. The van der Waals surface area contributed by atoms with Crippen LogP contribution in [-0.2, 0) is 0 Å². The molecule has 0 heterocycles. The predicted molar refractivity (Wildman–Crippen MR) is 226 cm³/mol. The van der Waals surface area contributed by atoms with E-state index in [1.807, 2.05) is 0 Å². The van der Waals surface area contributed by atoms with Crippen LogP contribution in [0.3, 0.4) is 0 Å². The molecule has 0 N–H and O–H groups in total. The molecule has 0 aliphatic heterocycles. The lowest BCUT2D eigenvalue weighted by atomic mass is 9.89. The van der Waals surface area contributed by atoms with Gasteiger partial charge in [-0.2, -0.15) is 0 Å². The van der Waals surface area contributed by atoms with Gasteiger partial charge in [-0.3, -0.25) is 0 Å². The van der Waals surface area contributed by atoms with Gasteiger partial charge in [0, 0.05) is 17.1 Å². The summed E-state index contributed by atoms with van der Waals surface area (Å²) in [7, 11) is 0. The van der Waals surface area contributed by atoms with Crippen molar-refractivity contribution in [1.29, 1.82) is 0 Å². The van der Waals surface area contributed by atoms with Crippen molar-refractivity contribution >= 4 is 27.8 Å². The van der Waals surface area contributed by atoms with Crippen molar-refractivity contribution in [2.45, 2.75) is 0 Å². The summed E-state index contributed by atoms with van der Waals surface area (Å²) in [4.78, 5) is 2.33. The predicted octanol–water partition coefficient (Wildman–Crippen LogP) is 14.6. The van der Waals surface area contributed by atoms with Crippen molar-refractivity contribution in [3.05, 3.63) is 224 Å². The summed E-state index contributed by atoms with van der Waals surface area (Å²) in [6, 6.07) is 80.7. The van der Waals surface area contributed by atoms with Gasteiger partial charge >= 0.3 is 0 Å². The fourth-order valence-electron chi connectivity index (χ4n) is 7.41. The van der Waals surface area contributed by atoms with Crippen molar-refractivity contribution in [3.63, 3.8) is 0 Å². The lowest BCUT2D eigenvalue weighted by molar-refractivity contribution is 1.28. The number of anilines is 3. The maximum Gasteiger partial charge on any atom is 0.0462 e. The first-order valence-corrected chi connectivity index (χ1v) is 18.2. The first kappa shape index (κ1) is 32.0. The molecule has 0 saturated heterocycles. The van der Waals surface area contributed by atoms with Gasteiger partial charge < -0.3 is 4.90 Å². The monoisotopic (exact) mass is 675 g/mol. The minimum Gasteiger partial charge on any atom is -0.311 e. The van der Waals surface area contributed by atoms with Crippen LogP contribution in [0.1, 0.15) is 0 Å². The summed E-state index contributed by atoms with van der Waals surface area (Å²) in [5, 5.41) is 2.48. The molecule has 0 aliphatic carbocycles. The zero-order valence-electron chi connectivity index (χ0n) is 29.3. The number of fused-ring (bicyclic) bond motifs is 1. The lowest BCUT2D eigenvalue weighted by Gasteiger charge is -2.26. The van der Waals surface area contributed by atoms with E-state index >= 15 is 0 Å². The maximum absolute atomic E-state index is 2.33. The molecule has 0 bridgehead atoms. The van der Waals surface area contributed by atoms with Gasteiger partial charge in [0.05, 0.1) is 0 Å². The SMILES string of the molecule is c1ccc(-c2ccc3cc(-c4ccc(N(c5ccccc5)c5ccc(-c6ccccc6-c6ccccc6-c6ccccc6)cc5)cc4)ccc3c2)cc1. The van der Waals surface area contributed by atoms with Gasteiger partial charge in [-0.15, -0.1) is 0 Å². The van der Waals surface area contributed by atoms with Crippen LogP contribution in [-0.4, -0.2) is 0 Å². The standard InChI is InChI=1S/C52H37N/c1-4-14-38(15-5-1)42-24-26-45-37-43(25-27-44(45)36-42)39-28-32-47(33-29-39)53(46-18-8-3-9-19-46)48-34-30-41(31-35-48)50-21-11-13-23-52(50)51-22-12-10-20-49(51)40-16-6-2-7-17-40/h1-37H. The van der Waals surface area contributed by atoms with E-state index in [1.165, 1.54) is 66.4 Å². The van der Waals surface area contributed by atoms with E-state index in [-0.39, 0.29) is 0 Å². The first-order valence-electron chi connectivity index (χ1n) is 18.2. The number of hydrogen-bond donors (Lipinski definition) is 0. The van der Waals surface area contributed by atoms with Gasteiger partial charge in [-0.25, -0.2) is 0 Å². The molecular formula is C52H37N. The van der Waals surface area contributed by atoms with E-state index in [9.17, 15) is 0 Å². The molecule has 53 heavy (non-hydrogen) atoms. The molecule has 0 amide bonds. The number of rotatable bonds is 8. The van der Waals surface area contributed by atoms with Crippen molar-refractivity contribution in [3.8, 4) is 55.6 Å². The van der Waals surface area contributed by atoms with Gasteiger partial charge in [0.1, 0.15) is 0 Å². The van der Waals surface area contributed by atoms with Crippen LogP contribution in [0.5, 0.6) is 0 Å². The molecule has 250 valence electrons. The molecule has 0 aromatic heterocycles. The topological polar surface area (TPSA) is 3.24 Å². The summed E-state index contributed by atoms with van der Waals surface area (Å²) in [6.07, 6.45) is 0. The second kappa shape index (κ2) is 14.3. The molecule has 0 atom stereocenters. The second-order valence-electron chi connectivity index (χ2n) is 13.4. The van der Waals surface area contributed by atoms with Crippen LogP contribution in [0.25, 0.3) is 66.4 Å². The number of benzene rings is 9. The third-order valence-electron chi connectivity index (χ3n) is 10.1. The maximum atomic E-state index is 2.33. The summed E-state index contributed by atoms with van der Waals surface area (Å²) in [5.74, 6) is 0. The quantitative estimate of drug-likeness (QED) is 0.155. The summed E-state index contributed by atoms with van der Waals surface area (Å²) >= 11 is 0. The molecule has 0 aliphatic rings. The van der Waals surface area contributed by atoms with E-state index in [0.717, 1.165) is 17.1 Å². The molecule has 0 fully saturated rings.